The molecule has 0 bridgehead atoms. The van der Waals surface area contributed by atoms with Gasteiger partial charge in [-0.1, -0.05) is 19.9 Å². The molecule has 2 aliphatic rings. The Kier molecular flexibility index (Phi) is 4.25. The third kappa shape index (κ3) is 2.99. The van der Waals surface area contributed by atoms with Crippen LogP contribution in [0.3, 0.4) is 0 Å². The van der Waals surface area contributed by atoms with Gasteiger partial charge in [0.25, 0.3) is 5.91 Å². The van der Waals surface area contributed by atoms with Gasteiger partial charge in [-0.15, -0.1) is 0 Å². The summed E-state index contributed by atoms with van der Waals surface area (Å²) in [6.07, 6.45) is 2.91. The Morgan fingerprint density at radius 3 is 2.73 bits per heavy atom. The van der Waals surface area contributed by atoms with Crippen molar-refractivity contribution in [2.75, 3.05) is 6.54 Å². The first-order valence-electron chi connectivity index (χ1n) is 9.15. The first-order valence-corrected chi connectivity index (χ1v) is 9.15. The number of halogens is 2. The van der Waals surface area contributed by atoms with E-state index >= 15 is 0 Å². The molecule has 1 aliphatic carbocycles. The van der Waals surface area contributed by atoms with Crippen LogP contribution < -0.4 is 0 Å². The smallest absolute Gasteiger partial charge is 0.257 e. The van der Waals surface area contributed by atoms with E-state index in [1.807, 2.05) is 4.68 Å². The van der Waals surface area contributed by atoms with E-state index in [9.17, 15) is 13.6 Å². The fourth-order valence-electron chi connectivity index (χ4n) is 3.54. The van der Waals surface area contributed by atoms with Gasteiger partial charge in [0.1, 0.15) is 5.82 Å². The molecule has 0 saturated heterocycles. The lowest BCUT2D eigenvalue weighted by Crippen LogP contribution is -2.43. The van der Waals surface area contributed by atoms with Crippen molar-refractivity contribution in [1.82, 2.24) is 19.7 Å². The molecule has 1 atom stereocenters. The van der Waals surface area contributed by atoms with E-state index in [4.69, 9.17) is 4.98 Å². The molecule has 26 heavy (non-hydrogen) atoms. The fraction of sp³-hybridized carbons (Fsp3) is 0.526. The largest absolute Gasteiger partial charge is 0.326 e. The van der Waals surface area contributed by atoms with Crippen LogP contribution in [0.15, 0.2) is 18.2 Å². The molecular weight excluding hydrogens is 338 g/mol. The summed E-state index contributed by atoms with van der Waals surface area (Å²) in [6.45, 7) is 5.07. The van der Waals surface area contributed by atoms with Crippen molar-refractivity contribution in [2.45, 2.75) is 51.6 Å². The van der Waals surface area contributed by atoms with Crippen LogP contribution in [0.4, 0.5) is 8.78 Å². The van der Waals surface area contributed by atoms with Crippen molar-refractivity contribution in [3.63, 3.8) is 0 Å². The quantitative estimate of drug-likeness (QED) is 0.836. The predicted molar refractivity (Wildman–Crippen MR) is 91.6 cm³/mol. The maximum atomic E-state index is 14.2. The molecule has 2 aromatic rings. The SMILES string of the molecule is CC(C)C[C@H]1c2nc(C3CC3)nn2CCN1C(=O)c1cccc(F)c1F. The Morgan fingerprint density at radius 1 is 1.27 bits per heavy atom. The second-order valence-electron chi connectivity index (χ2n) is 7.57. The fourth-order valence-corrected chi connectivity index (χ4v) is 3.54. The standard InChI is InChI=1S/C19H22F2N4O/c1-11(2)10-15-18-22-17(12-6-7-12)23-25(18)9-8-24(15)19(26)13-4-3-5-14(20)16(13)21/h3-5,11-12,15H,6-10H2,1-2H3/t15-/m0/s1. The molecule has 1 aromatic heterocycles. The number of fused-ring (bicyclic) bond motifs is 1. The van der Waals surface area contributed by atoms with Crippen molar-refractivity contribution in [1.29, 1.82) is 0 Å². The van der Waals surface area contributed by atoms with Gasteiger partial charge in [0, 0.05) is 12.5 Å². The molecule has 1 fully saturated rings. The van der Waals surface area contributed by atoms with Crippen LogP contribution in [0.1, 0.15) is 67.1 Å². The lowest BCUT2D eigenvalue weighted by atomic mass is 9.99. The number of aromatic nitrogens is 3. The van der Waals surface area contributed by atoms with Gasteiger partial charge < -0.3 is 4.90 Å². The van der Waals surface area contributed by atoms with Gasteiger partial charge in [0.2, 0.25) is 0 Å². The molecule has 1 aromatic carbocycles. The number of carbonyl (C=O) groups excluding carboxylic acids is 1. The summed E-state index contributed by atoms with van der Waals surface area (Å²) in [5, 5.41) is 4.60. The lowest BCUT2D eigenvalue weighted by Gasteiger charge is -2.36. The van der Waals surface area contributed by atoms with Gasteiger partial charge in [0.15, 0.2) is 17.5 Å². The zero-order valence-corrected chi connectivity index (χ0v) is 15.0. The van der Waals surface area contributed by atoms with Crippen molar-refractivity contribution >= 4 is 5.91 Å². The minimum absolute atomic E-state index is 0.228. The molecule has 0 N–H and O–H groups in total. The molecule has 0 radical (unpaired) electrons. The van der Waals surface area contributed by atoms with Crippen molar-refractivity contribution < 1.29 is 13.6 Å². The van der Waals surface area contributed by atoms with E-state index in [0.29, 0.717) is 31.3 Å². The molecule has 138 valence electrons. The van der Waals surface area contributed by atoms with E-state index in [-0.39, 0.29) is 11.6 Å². The highest BCUT2D eigenvalue weighted by molar-refractivity contribution is 5.94. The summed E-state index contributed by atoms with van der Waals surface area (Å²) in [5.41, 5.74) is -0.228. The Labute approximate surface area is 151 Å². The molecule has 2 heterocycles. The summed E-state index contributed by atoms with van der Waals surface area (Å²) in [5.74, 6) is -0.233. The third-order valence-corrected chi connectivity index (χ3v) is 5.02. The first-order chi connectivity index (χ1) is 12.5. The van der Waals surface area contributed by atoms with E-state index < -0.39 is 17.5 Å². The van der Waals surface area contributed by atoms with Crippen LogP contribution in [0.5, 0.6) is 0 Å². The monoisotopic (exact) mass is 360 g/mol. The van der Waals surface area contributed by atoms with E-state index in [2.05, 4.69) is 18.9 Å². The van der Waals surface area contributed by atoms with Crippen molar-refractivity contribution in [3.8, 4) is 0 Å². The normalized spacial score (nSPS) is 19.7. The maximum absolute atomic E-state index is 14.2. The second-order valence-corrected chi connectivity index (χ2v) is 7.57. The Hall–Kier alpha value is -2.31. The average Bonchev–Trinajstić information content (AvgIpc) is 3.36. The van der Waals surface area contributed by atoms with E-state index in [1.54, 1.807) is 4.90 Å². The first kappa shape index (κ1) is 17.1. The summed E-state index contributed by atoms with van der Waals surface area (Å²) >= 11 is 0. The molecule has 0 unspecified atom stereocenters. The van der Waals surface area contributed by atoms with E-state index in [0.717, 1.165) is 30.6 Å². The van der Waals surface area contributed by atoms with Gasteiger partial charge in [-0.2, -0.15) is 5.10 Å². The summed E-state index contributed by atoms with van der Waals surface area (Å²) < 4.78 is 29.6. The second kappa shape index (κ2) is 6.45. The molecule has 1 amide bonds. The molecule has 5 nitrogen and oxygen atoms in total. The van der Waals surface area contributed by atoms with Gasteiger partial charge in [-0.05, 0) is 37.3 Å². The molecule has 0 spiro atoms. The highest BCUT2D eigenvalue weighted by Gasteiger charge is 2.37. The predicted octanol–water partition coefficient (Wildman–Crippen LogP) is 3.68. The van der Waals surface area contributed by atoms with Crippen LogP contribution in [-0.2, 0) is 6.54 Å². The van der Waals surface area contributed by atoms with Gasteiger partial charge in [0.05, 0.1) is 18.2 Å². The number of carbonyl (C=O) groups is 1. The molecule has 1 aliphatic heterocycles. The number of rotatable bonds is 4. The zero-order chi connectivity index (χ0) is 18.4. The average molecular weight is 360 g/mol. The summed E-state index contributed by atoms with van der Waals surface area (Å²) in [7, 11) is 0. The summed E-state index contributed by atoms with van der Waals surface area (Å²) in [4.78, 5) is 19.3. The third-order valence-electron chi connectivity index (χ3n) is 5.02. The van der Waals surface area contributed by atoms with Gasteiger partial charge in [-0.3, -0.25) is 4.79 Å². The van der Waals surface area contributed by atoms with Crippen LogP contribution in [0, 0.1) is 17.6 Å². The molecule has 7 heteroatoms. The van der Waals surface area contributed by atoms with Crippen LogP contribution in [0.2, 0.25) is 0 Å². The number of nitrogens with zero attached hydrogens (tertiary/aromatic N) is 4. The van der Waals surface area contributed by atoms with Gasteiger partial charge in [-0.25, -0.2) is 18.4 Å². The minimum Gasteiger partial charge on any atom is -0.326 e. The topological polar surface area (TPSA) is 51.0 Å². The number of hydrogen-bond acceptors (Lipinski definition) is 3. The number of amides is 1. The lowest BCUT2D eigenvalue weighted by molar-refractivity contribution is 0.0572. The number of benzene rings is 1. The summed E-state index contributed by atoms with van der Waals surface area (Å²) in [6, 6.07) is 3.44. The van der Waals surface area contributed by atoms with Crippen LogP contribution in [0.25, 0.3) is 0 Å². The Bertz CT molecular complexity index is 844. The Balaban J connectivity index is 1.70. The van der Waals surface area contributed by atoms with Crippen molar-refractivity contribution in [2.24, 2.45) is 5.92 Å². The van der Waals surface area contributed by atoms with Crippen molar-refractivity contribution in [3.05, 3.63) is 47.0 Å². The van der Waals surface area contributed by atoms with Crippen LogP contribution in [-0.4, -0.2) is 32.1 Å². The van der Waals surface area contributed by atoms with Gasteiger partial charge >= 0.3 is 0 Å². The van der Waals surface area contributed by atoms with Crippen LogP contribution >= 0.6 is 0 Å². The Morgan fingerprint density at radius 2 is 2.04 bits per heavy atom. The molecule has 4 rings (SSSR count). The molecule has 1 saturated carbocycles. The highest BCUT2D eigenvalue weighted by atomic mass is 19.2. The number of hydrogen-bond donors (Lipinski definition) is 0. The highest BCUT2D eigenvalue weighted by Crippen LogP contribution is 2.40. The zero-order valence-electron chi connectivity index (χ0n) is 15.0. The maximum Gasteiger partial charge on any atom is 0.257 e. The van der Waals surface area contributed by atoms with E-state index in [1.165, 1.54) is 12.1 Å². The minimum atomic E-state index is -1.09. The molecular formula is C19H22F2N4O.